The number of carbonyl (C=O) groups excluding carboxylic acids is 1. The van der Waals surface area contributed by atoms with Crippen LogP contribution in [-0.4, -0.2) is 34.8 Å². The second-order valence-corrected chi connectivity index (χ2v) is 3.89. The van der Waals surface area contributed by atoms with E-state index in [-0.39, 0.29) is 31.8 Å². The van der Waals surface area contributed by atoms with Crippen LogP contribution in [0.2, 0.25) is 0 Å². The van der Waals surface area contributed by atoms with Crippen LogP contribution in [0.15, 0.2) is 24.5 Å². The first kappa shape index (κ1) is 11.0. The molecule has 1 amide bonds. The van der Waals surface area contributed by atoms with E-state index in [1.807, 2.05) is 0 Å². The molecule has 2 rings (SSSR count). The first-order valence-corrected chi connectivity index (χ1v) is 5.16. The number of hydrogen-bond donors (Lipinski definition) is 0. The number of hydrogen-bond acceptors (Lipinski definition) is 2. The Morgan fingerprint density at radius 1 is 1.38 bits per heavy atom. The molecule has 2 heterocycles. The Labute approximate surface area is 92.1 Å². The van der Waals surface area contributed by atoms with Crippen LogP contribution in [0.4, 0.5) is 8.78 Å². The third-order valence-electron chi connectivity index (χ3n) is 2.69. The standard InChI is InChI=1S/C11H12F2N2O/c12-11(13)3-6-15(7-4-11)10(16)9-2-1-5-14-8-9/h1-2,5,8H,3-4,6-7H2. The van der Waals surface area contributed by atoms with Crippen LogP contribution >= 0.6 is 0 Å². The van der Waals surface area contributed by atoms with Crippen molar-refractivity contribution in [2.24, 2.45) is 0 Å². The van der Waals surface area contributed by atoms with E-state index in [2.05, 4.69) is 4.98 Å². The predicted octanol–water partition coefficient (Wildman–Crippen LogP) is 1.95. The summed E-state index contributed by atoms with van der Waals surface area (Å²) < 4.78 is 25.8. The maximum Gasteiger partial charge on any atom is 0.255 e. The van der Waals surface area contributed by atoms with Crippen molar-refractivity contribution in [3.8, 4) is 0 Å². The fourth-order valence-electron chi connectivity index (χ4n) is 1.71. The number of carbonyl (C=O) groups is 1. The highest BCUT2D eigenvalue weighted by Gasteiger charge is 2.35. The number of aromatic nitrogens is 1. The van der Waals surface area contributed by atoms with Crippen molar-refractivity contribution in [2.75, 3.05) is 13.1 Å². The van der Waals surface area contributed by atoms with E-state index in [0.29, 0.717) is 5.56 Å². The summed E-state index contributed by atoms with van der Waals surface area (Å²) >= 11 is 0. The van der Waals surface area contributed by atoms with E-state index < -0.39 is 5.92 Å². The second-order valence-electron chi connectivity index (χ2n) is 3.89. The molecule has 1 aromatic rings. The smallest absolute Gasteiger partial charge is 0.255 e. The van der Waals surface area contributed by atoms with E-state index in [1.54, 1.807) is 18.3 Å². The minimum Gasteiger partial charge on any atom is -0.338 e. The van der Waals surface area contributed by atoms with Crippen molar-refractivity contribution in [2.45, 2.75) is 18.8 Å². The summed E-state index contributed by atoms with van der Waals surface area (Å²) in [6.45, 7) is 0.224. The number of pyridine rings is 1. The number of nitrogens with zero attached hydrogens (tertiary/aromatic N) is 2. The number of rotatable bonds is 1. The summed E-state index contributed by atoms with van der Waals surface area (Å²) in [6, 6.07) is 3.30. The number of likely N-dealkylation sites (tertiary alicyclic amines) is 1. The van der Waals surface area contributed by atoms with Crippen LogP contribution in [0.5, 0.6) is 0 Å². The molecular formula is C11H12F2N2O. The molecule has 0 saturated carbocycles. The molecule has 0 unspecified atom stereocenters. The van der Waals surface area contributed by atoms with Crippen molar-refractivity contribution in [1.29, 1.82) is 0 Å². The molecule has 3 nitrogen and oxygen atoms in total. The molecule has 1 saturated heterocycles. The molecule has 0 aliphatic carbocycles. The SMILES string of the molecule is O=C(c1cccnc1)N1CCC(F)(F)CC1. The van der Waals surface area contributed by atoms with Gasteiger partial charge in [0.15, 0.2) is 0 Å². The van der Waals surface area contributed by atoms with Gasteiger partial charge in [0, 0.05) is 38.3 Å². The predicted molar refractivity (Wildman–Crippen MR) is 54.3 cm³/mol. The fraction of sp³-hybridized carbons (Fsp3) is 0.455. The Balaban J connectivity index is 2.03. The molecule has 1 fully saturated rings. The van der Waals surface area contributed by atoms with Crippen molar-refractivity contribution < 1.29 is 13.6 Å². The molecule has 0 bridgehead atoms. The summed E-state index contributed by atoms with van der Waals surface area (Å²) in [7, 11) is 0. The lowest BCUT2D eigenvalue weighted by Crippen LogP contribution is -2.42. The number of piperidine rings is 1. The Bertz CT molecular complexity index is 371. The van der Waals surface area contributed by atoms with E-state index in [9.17, 15) is 13.6 Å². The molecule has 0 radical (unpaired) electrons. The van der Waals surface area contributed by atoms with Crippen molar-refractivity contribution in [3.63, 3.8) is 0 Å². The molecule has 1 aliphatic rings. The molecule has 16 heavy (non-hydrogen) atoms. The highest BCUT2D eigenvalue weighted by molar-refractivity contribution is 5.93. The lowest BCUT2D eigenvalue weighted by molar-refractivity contribution is -0.0494. The quantitative estimate of drug-likeness (QED) is 0.733. The zero-order valence-electron chi connectivity index (χ0n) is 8.70. The fourth-order valence-corrected chi connectivity index (χ4v) is 1.71. The van der Waals surface area contributed by atoms with Crippen LogP contribution in [0.3, 0.4) is 0 Å². The van der Waals surface area contributed by atoms with Gasteiger partial charge in [-0.25, -0.2) is 8.78 Å². The van der Waals surface area contributed by atoms with E-state index in [1.165, 1.54) is 11.1 Å². The van der Waals surface area contributed by atoms with Crippen molar-refractivity contribution in [1.82, 2.24) is 9.88 Å². The van der Waals surface area contributed by atoms with Gasteiger partial charge in [-0.3, -0.25) is 9.78 Å². The third-order valence-corrected chi connectivity index (χ3v) is 2.69. The highest BCUT2D eigenvalue weighted by Crippen LogP contribution is 2.28. The Morgan fingerprint density at radius 3 is 2.62 bits per heavy atom. The van der Waals surface area contributed by atoms with Gasteiger partial charge >= 0.3 is 0 Å². The summed E-state index contributed by atoms with van der Waals surface area (Å²) in [5, 5.41) is 0. The normalized spacial score (nSPS) is 19.5. The third kappa shape index (κ3) is 2.35. The van der Waals surface area contributed by atoms with Crippen molar-refractivity contribution in [3.05, 3.63) is 30.1 Å². The van der Waals surface area contributed by atoms with Gasteiger partial charge in [0.05, 0.1) is 5.56 Å². The van der Waals surface area contributed by atoms with Gasteiger partial charge in [0.2, 0.25) is 0 Å². The van der Waals surface area contributed by atoms with Crippen LogP contribution in [-0.2, 0) is 0 Å². The highest BCUT2D eigenvalue weighted by atomic mass is 19.3. The summed E-state index contributed by atoms with van der Waals surface area (Å²) in [4.78, 5) is 17.1. The van der Waals surface area contributed by atoms with E-state index in [4.69, 9.17) is 0 Å². The summed E-state index contributed by atoms with van der Waals surface area (Å²) in [6.07, 6.45) is 2.52. The first-order valence-electron chi connectivity index (χ1n) is 5.16. The largest absolute Gasteiger partial charge is 0.338 e. The number of amides is 1. The topological polar surface area (TPSA) is 33.2 Å². The minimum atomic E-state index is -2.62. The monoisotopic (exact) mass is 226 g/mol. The average molecular weight is 226 g/mol. The molecular weight excluding hydrogens is 214 g/mol. The van der Waals surface area contributed by atoms with Gasteiger partial charge in [0.25, 0.3) is 11.8 Å². The average Bonchev–Trinajstić information content (AvgIpc) is 2.29. The van der Waals surface area contributed by atoms with Crippen LogP contribution in [0.25, 0.3) is 0 Å². The van der Waals surface area contributed by atoms with Gasteiger partial charge < -0.3 is 4.90 Å². The molecule has 0 aromatic carbocycles. The maximum atomic E-state index is 12.9. The Kier molecular flexibility index (Phi) is 2.85. The molecule has 1 aliphatic heterocycles. The first-order chi connectivity index (χ1) is 7.58. The lowest BCUT2D eigenvalue weighted by atomic mass is 10.1. The van der Waals surface area contributed by atoms with E-state index in [0.717, 1.165) is 0 Å². The van der Waals surface area contributed by atoms with E-state index >= 15 is 0 Å². The van der Waals surface area contributed by atoms with Gasteiger partial charge in [-0.05, 0) is 12.1 Å². The summed E-state index contributed by atoms with van der Waals surface area (Å²) in [5.41, 5.74) is 0.452. The van der Waals surface area contributed by atoms with Gasteiger partial charge in [-0.1, -0.05) is 0 Å². The van der Waals surface area contributed by atoms with Gasteiger partial charge in [-0.15, -0.1) is 0 Å². The van der Waals surface area contributed by atoms with Gasteiger partial charge in [-0.2, -0.15) is 0 Å². The zero-order valence-corrected chi connectivity index (χ0v) is 8.70. The second kappa shape index (κ2) is 4.15. The Morgan fingerprint density at radius 2 is 2.06 bits per heavy atom. The zero-order chi connectivity index (χ0) is 11.6. The molecule has 0 N–H and O–H groups in total. The molecule has 0 spiro atoms. The van der Waals surface area contributed by atoms with Gasteiger partial charge in [0.1, 0.15) is 0 Å². The molecule has 1 aromatic heterocycles. The van der Waals surface area contributed by atoms with Crippen LogP contribution < -0.4 is 0 Å². The Hall–Kier alpha value is -1.52. The maximum absolute atomic E-state index is 12.9. The van der Waals surface area contributed by atoms with Crippen molar-refractivity contribution >= 4 is 5.91 Å². The lowest BCUT2D eigenvalue weighted by Gasteiger charge is -2.31. The summed E-state index contributed by atoms with van der Waals surface area (Å²) in [5.74, 6) is -2.84. The number of halogens is 2. The number of alkyl halides is 2. The van der Waals surface area contributed by atoms with Crippen LogP contribution in [0, 0.1) is 0 Å². The molecule has 0 atom stereocenters. The molecule has 5 heteroatoms. The molecule has 86 valence electrons. The van der Waals surface area contributed by atoms with Crippen LogP contribution in [0.1, 0.15) is 23.2 Å². The minimum absolute atomic E-state index is 0.112.